The van der Waals surface area contributed by atoms with Gasteiger partial charge in [-0.3, -0.25) is 9.78 Å². The molecule has 0 fully saturated rings. The normalized spacial score (nSPS) is 11.2. The molecule has 0 saturated carbocycles. The topological polar surface area (TPSA) is 54.9 Å². The van der Waals surface area contributed by atoms with Gasteiger partial charge in [0.2, 0.25) is 5.91 Å². The standard InChI is InChI=1S/C24H19N3O/c28-23(16-15-20-17-25-21-13-7-8-14-22(21)26-20)27-24(18-9-3-1-4-10-18)19-11-5-2-6-12-19/h1-17,24H,(H,27,28). The number of nitrogens with one attached hydrogen (secondary N) is 1. The third-order valence-electron chi connectivity index (χ3n) is 4.43. The van der Waals surface area contributed by atoms with Crippen LogP contribution in [0.2, 0.25) is 0 Å². The van der Waals surface area contributed by atoms with E-state index in [0.29, 0.717) is 5.69 Å². The van der Waals surface area contributed by atoms with Crippen molar-refractivity contribution in [1.29, 1.82) is 0 Å². The Morgan fingerprint density at radius 3 is 2.00 bits per heavy atom. The summed E-state index contributed by atoms with van der Waals surface area (Å²) in [6.07, 6.45) is 4.84. The number of benzene rings is 3. The minimum atomic E-state index is -0.220. The number of rotatable bonds is 5. The quantitative estimate of drug-likeness (QED) is 0.528. The molecular formula is C24H19N3O. The van der Waals surface area contributed by atoms with Crippen LogP contribution in [0.15, 0.2) is 97.2 Å². The maximum atomic E-state index is 12.6. The predicted octanol–water partition coefficient (Wildman–Crippen LogP) is 4.55. The van der Waals surface area contributed by atoms with E-state index >= 15 is 0 Å². The number of hydrogen-bond acceptors (Lipinski definition) is 3. The number of carbonyl (C=O) groups is 1. The zero-order valence-electron chi connectivity index (χ0n) is 15.2. The van der Waals surface area contributed by atoms with E-state index in [4.69, 9.17) is 0 Å². The van der Waals surface area contributed by atoms with Crippen LogP contribution < -0.4 is 5.32 Å². The summed E-state index contributed by atoms with van der Waals surface area (Å²) in [7, 11) is 0. The molecule has 1 heterocycles. The van der Waals surface area contributed by atoms with Crippen LogP contribution in [0.4, 0.5) is 0 Å². The lowest BCUT2D eigenvalue weighted by Gasteiger charge is -2.19. The van der Waals surface area contributed by atoms with Crippen molar-refractivity contribution < 1.29 is 4.79 Å². The van der Waals surface area contributed by atoms with Crippen molar-refractivity contribution in [3.05, 3.63) is 114 Å². The van der Waals surface area contributed by atoms with Gasteiger partial charge in [-0.1, -0.05) is 72.8 Å². The third-order valence-corrected chi connectivity index (χ3v) is 4.43. The Kier molecular flexibility index (Phi) is 5.20. The first-order valence-corrected chi connectivity index (χ1v) is 9.10. The number of para-hydroxylation sites is 2. The lowest BCUT2D eigenvalue weighted by molar-refractivity contribution is -0.116. The summed E-state index contributed by atoms with van der Waals surface area (Å²) in [6, 6.07) is 27.3. The van der Waals surface area contributed by atoms with E-state index in [9.17, 15) is 4.79 Å². The second-order valence-electron chi connectivity index (χ2n) is 6.38. The average Bonchev–Trinajstić information content (AvgIpc) is 2.77. The van der Waals surface area contributed by atoms with Crippen LogP contribution in [0.5, 0.6) is 0 Å². The van der Waals surface area contributed by atoms with Crippen LogP contribution in [-0.4, -0.2) is 15.9 Å². The van der Waals surface area contributed by atoms with Gasteiger partial charge in [0.1, 0.15) is 0 Å². The van der Waals surface area contributed by atoms with Crippen LogP contribution in [0.25, 0.3) is 17.1 Å². The fourth-order valence-corrected chi connectivity index (χ4v) is 3.05. The van der Waals surface area contributed by atoms with Crippen LogP contribution in [0.3, 0.4) is 0 Å². The zero-order chi connectivity index (χ0) is 19.2. The Bertz CT molecular complexity index is 1070. The molecule has 1 aromatic heterocycles. The molecule has 0 aliphatic heterocycles. The monoisotopic (exact) mass is 365 g/mol. The first-order valence-electron chi connectivity index (χ1n) is 9.10. The molecule has 1 amide bonds. The molecule has 28 heavy (non-hydrogen) atoms. The SMILES string of the molecule is O=C(C=Cc1cnc2ccccc2n1)NC(c1ccccc1)c1ccccc1. The van der Waals surface area contributed by atoms with Crippen molar-refractivity contribution in [2.24, 2.45) is 0 Å². The number of aromatic nitrogens is 2. The highest BCUT2D eigenvalue weighted by Gasteiger charge is 2.15. The van der Waals surface area contributed by atoms with Crippen molar-refractivity contribution in [1.82, 2.24) is 15.3 Å². The van der Waals surface area contributed by atoms with E-state index in [0.717, 1.165) is 22.2 Å². The molecule has 0 aliphatic carbocycles. The molecule has 0 atom stereocenters. The van der Waals surface area contributed by atoms with Gasteiger partial charge in [-0.05, 0) is 29.3 Å². The van der Waals surface area contributed by atoms with E-state index in [1.165, 1.54) is 6.08 Å². The molecule has 3 aromatic carbocycles. The molecule has 136 valence electrons. The van der Waals surface area contributed by atoms with E-state index < -0.39 is 0 Å². The molecule has 1 N–H and O–H groups in total. The van der Waals surface area contributed by atoms with Crippen molar-refractivity contribution in [2.75, 3.05) is 0 Å². The molecule has 0 unspecified atom stereocenters. The van der Waals surface area contributed by atoms with E-state index in [1.54, 1.807) is 12.3 Å². The Balaban J connectivity index is 1.54. The lowest BCUT2D eigenvalue weighted by Crippen LogP contribution is -2.27. The zero-order valence-corrected chi connectivity index (χ0v) is 15.2. The van der Waals surface area contributed by atoms with Gasteiger partial charge < -0.3 is 5.32 Å². The molecule has 4 rings (SSSR count). The number of carbonyl (C=O) groups excluding carboxylic acids is 1. The van der Waals surface area contributed by atoms with Gasteiger partial charge in [0.25, 0.3) is 0 Å². The summed E-state index contributed by atoms with van der Waals surface area (Å²) in [4.78, 5) is 21.5. The second kappa shape index (κ2) is 8.27. The van der Waals surface area contributed by atoms with Gasteiger partial charge in [-0.25, -0.2) is 4.98 Å². The van der Waals surface area contributed by atoms with Gasteiger partial charge in [0, 0.05) is 6.08 Å². The predicted molar refractivity (Wildman–Crippen MR) is 111 cm³/mol. The Hall–Kier alpha value is -3.79. The summed E-state index contributed by atoms with van der Waals surface area (Å²) in [5, 5.41) is 3.08. The third kappa shape index (κ3) is 4.13. The highest BCUT2D eigenvalue weighted by Crippen LogP contribution is 2.21. The maximum absolute atomic E-state index is 12.6. The van der Waals surface area contributed by atoms with Crippen LogP contribution >= 0.6 is 0 Å². The van der Waals surface area contributed by atoms with E-state index in [1.807, 2.05) is 84.9 Å². The molecule has 0 bridgehead atoms. The number of amides is 1. The second-order valence-corrected chi connectivity index (χ2v) is 6.38. The fourth-order valence-electron chi connectivity index (χ4n) is 3.05. The average molecular weight is 365 g/mol. The van der Waals surface area contributed by atoms with Crippen LogP contribution in [0.1, 0.15) is 22.9 Å². The van der Waals surface area contributed by atoms with Crippen molar-refractivity contribution in [3.8, 4) is 0 Å². The molecular weight excluding hydrogens is 346 g/mol. The Labute approximate surface area is 163 Å². The molecule has 4 heteroatoms. The fraction of sp³-hybridized carbons (Fsp3) is 0.0417. The molecule has 0 aliphatic rings. The largest absolute Gasteiger partial charge is 0.342 e. The van der Waals surface area contributed by atoms with Gasteiger partial charge in [-0.2, -0.15) is 0 Å². The van der Waals surface area contributed by atoms with E-state index in [2.05, 4.69) is 15.3 Å². The smallest absolute Gasteiger partial charge is 0.244 e. The maximum Gasteiger partial charge on any atom is 0.244 e. The van der Waals surface area contributed by atoms with Crippen molar-refractivity contribution in [2.45, 2.75) is 6.04 Å². The van der Waals surface area contributed by atoms with Crippen molar-refractivity contribution >= 4 is 23.0 Å². The number of hydrogen-bond donors (Lipinski definition) is 1. The van der Waals surface area contributed by atoms with Crippen LogP contribution in [0, 0.1) is 0 Å². The highest BCUT2D eigenvalue weighted by atomic mass is 16.1. The minimum Gasteiger partial charge on any atom is -0.342 e. The Morgan fingerprint density at radius 1 is 0.786 bits per heavy atom. The first kappa shape index (κ1) is 17.6. The lowest BCUT2D eigenvalue weighted by atomic mass is 9.99. The summed E-state index contributed by atoms with van der Waals surface area (Å²) >= 11 is 0. The number of nitrogens with zero attached hydrogens (tertiary/aromatic N) is 2. The Morgan fingerprint density at radius 2 is 1.36 bits per heavy atom. The highest BCUT2D eigenvalue weighted by molar-refractivity contribution is 5.92. The van der Waals surface area contributed by atoms with Gasteiger partial charge >= 0.3 is 0 Å². The first-order chi connectivity index (χ1) is 13.8. The summed E-state index contributed by atoms with van der Waals surface area (Å²) in [6.45, 7) is 0. The molecule has 0 spiro atoms. The van der Waals surface area contributed by atoms with Gasteiger partial charge in [0.15, 0.2) is 0 Å². The molecule has 4 nitrogen and oxygen atoms in total. The summed E-state index contributed by atoms with van der Waals surface area (Å²) < 4.78 is 0. The summed E-state index contributed by atoms with van der Waals surface area (Å²) in [5.74, 6) is -0.187. The molecule has 0 radical (unpaired) electrons. The van der Waals surface area contributed by atoms with Crippen LogP contribution in [-0.2, 0) is 4.79 Å². The minimum absolute atomic E-state index is 0.187. The van der Waals surface area contributed by atoms with Gasteiger partial charge in [-0.15, -0.1) is 0 Å². The molecule has 4 aromatic rings. The number of fused-ring (bicyclic) bond motifs is 1. The van der Waals surface area contributed by atoms with Gasteiger partial charge in [0.05, 0.1) is 29.0 Å². The van der Waals surface area contributed by atoms with Crippen molar-refractivity contribution in [3.63, 3.8) is 0 Å². The molecule has 0 saturated heterocycles. The van der Waals surface area contributed by atoms with E-state index in [-0.39, 0.29) is 11.9 Å². The summed E-state index contributed by atoms with van der Waals surface area (Å²) in [5.41, 5.74) is 4.33.